The summed E-state index contributed by atoms with van der Waals surface area (Å²) >= 11 is 0. The Kier molecular flexibility index (Phi) is 6.39. The highest BCUT2D eigenvalue weighted by molar-refractivity contribution is 5.79. The summed E-state index contributed by atoms with van der Waals surface area (Å²) in [5, 5.41) is 0. The fourth-order valence-electron chi connectivity index (χ4n) is 4.00. The smallest absolute Gasteiger partial charge is 0.171 e. The Balaban J connectivity index is 1.39. The summed E-state index contributed by atoms with van der Waals surface area (Å²) in [5.41, 5.74) is 7.14. The van der Waals surface area contributed by atoms with Gasteiger partial charge in [-0.1, -0.05) is 74.6 Å². The Morgan fingerprint density at radius 1 is 0.692 bits per heavy atom. The normalized spacial score (nSPS) is 12.9. The molecular formula is C23H27F3. The van der Waals surface area contributed by atoms with Crippen LogP contribution in [0.25, 0.3) is 11.1 Å². The molecule has 0 aromatic heterocycles. The highest BCUT2D eigenvalue weighted by atomic mass is 19.4. The Labute approximate surface area is 154 Å². The number of hydrogen-bond acceptors (Lipinski definition) is 0. The van der Waals surface area contributed by atoms with E-state index in [-0.39, 0.29) is 6.42 Å². The number of halogens is 3. The molecule has 2 aromatic rings. The Hall–Kier alpha value is -1.77. The molecule has 0 atom stereocenters. The van der Waals surface area contributed by atoms with E-state index < -0.39 is 12.6 Å². The van der Waals surface area contributed by atoms with E-state index >= 15 is 0 Å². The van der Waals surface area contributed by atoms with Crippen molar-refractivity contribution in [3.8, 4) is 11.1 Å². The molecule has 2 aromatic carbocycles. The molecule has 0 nitrogen and oxygen atoms in total. The van der Waals surface area contributed by atoms with Gasteiger partial charge in [-0.3, -0.25) is 0 Å². The molecule has 3 rings (SSSR count). The first-order chi connectivity index (χ1) is 12.5. The van der Waals surface area contributed by atoms with Crippen molar-refractivity contribution in [2.75, 3.05) is 0 Å². The van der Waals surface area contributed by atoms with Gasteiger partial charge in [-0.2, -0.15) is 13.2 Å². The third kappa shape index (κ3) is 5.12. The Bertz CT molecular complexity index is 716. The number of unbranched alkanes of at least 4 members (excludes halogenated alkanes) is 6. The summed E-state index contributed by atoms with van der Waals surface area (Å²) in [6, 6.07) is 15.3. The first-order valence-corrected chi connectivity index (χ1v) is 9.80. The highest BCUT2D eigenvalue weighted by Gasteiger charge is 2.25. The maximum absolute atomic E-state index is 12.1. The molecule has 1 aliphatic rings. The molecule has 0 radical (unpaired) electrons. The van der Waals surface area contributed by atoms with Gasteiger partial charge in [0.25, 0.3) is 0 Å². The zero-order valence-electron chi connectivity index (χ0n) is 15.2. The van der Waals surface area contributed by atoms with E-state index in [9.17, 15) is 13.2 Å². The lowest BCUT2D eigenvalue weighted by Crippen LogP contribution is -2.06. The number of fused-ring (bicyclic) bond motifs is 3. The number of alkyl halides is 3. The van der Waals surface area contributed by atoms with Crippen molar-refractivity contribution >= 4 is 0 Å². The minimum absolute atomic E-state index is 0.277. The molecular weight excluding hydrogens is 333 g/mol. The van der Waals surface area contributed by atoms with Crippen LogP contribution in [0.15, 0.2) is 42.5 Å². The fourth-order valence-corrected chi connectivity index (χ4v) is 4.00. The fraction of sp³-hybridized carbons (Fsp3) is 0.478. The van der Waals surface area contributed by atoms with E-state index in [4.69, 9.17) is 0 Å². The van der Waals surface area contributed by atoms with E-state index in [1.54, 1.807) is 0 Å². The monoisotopic (exact) mass is 360 g/mol. The maximum Gasteiger partial charge on any atom is 0.389 e. The molecule has 26 heavy (non-hydrogen) atoms. The highest BCUT2D eigenvalue weighted by Crippen LogP contribution is 2.39. The lowest BCUT2D eigenvalue weighted by Gasteiger charge is -2.10. The van der Waals surface area contributed by atoms with Crippen LogP contribution in [0.5, 0.6) is 0 Å². The van der Waals surface area contributed by atoms with Crippen LogP contribution in [0.1, 0.15) is 68.1 Å². The molecule has 0 spiro atoms. The predicted octanol–water partition coefficient (Wildman–Crippen LogP) is 7.48. The first kappa shape index (κ1) is 19.0. The van der Waals surface area contributed by atoms with Crippen LogP contribution >= 0.6 is 0 Å². The lowest BCUT2D eigenvalue weighted by atomic mass is 9.95. The van der Waals surface area contributed by atoms with Gasteiger partial charge in [-0.25, -0.2) is 0 Å². The average molecular weight is 360 g/mol. The minimum atomic E-state index is -3.99. The van der Waals surface area contributed by atoms with Crippen LogP contribution < -0.4 is 0 Å². The lowest BCUT2D eigenvalue weighted by molar-refractivity contribution is -0.135. The van der Waals surface area contributed by atoms with Crippen molar-refractivity contribution in [2.45, 2.75) is 70.4 Å². The molecule has 0 fully saturated rings. The Morgan fingerprint density at radius 2 is 1.35 bits per heavy atom. The van der Waals surface area contributed by atoms with Crippen molar-refractivity contribution in [1.29, 1.82) is 0 Å². The summed E-state index contributed by atoms with van der Waals surface area (Å²) in [6.45, 7) is 0. The van der Waals surface area contributed by atoms with Gasteiger partial charge in [0.1, 0.15) is 0 Å². The van der Waals surface area contributed by atoms with Gasteiger partial charge in [0.05, 0.1) is 0 Å². The van der Waals surface area contributed by atoms with Crippen LogP contribution in [0, 0.1) is 0 Å². The first-order valence-electron chi connectivity index (χ1n) is 9.80. The van der Waals surface area contributed by atoms with Crippen molar-refractivity contribution in [3.63, 3.8) is 0 Å². The van der Waals surface area contributed by atoms with E-state index in [0.717, 1.165) is 44.9 Å². The predicted molar refractivity (Wildman–Crippen MR) is 101 cm³/mol. The maximum atomic E-state index is 12.1. The van der Waals surface area contributed by atoms with E-state index in [2.05, 4.69) is 42.5 Å². The summed E-state index contributed by atoms with van der Waals surface area (Å²) in [7, 11) is 0. The van der Waals surface area contributed by atoms with Gasteiger partial charge >= 0.3 is 6.18 Å². The number of hydrogen-bond donors (Lipinski definition) is 0. The summed E-state index contributed by atoms with van der Waals surface area (Å²) in [4.78, 5) is 0. The van der Waals surface area contributed by atoms with Crippen molar-refractivity contribution in [3.05, 3.63) is 59.2 Å². The molecule has 1 aliphatic carbocycles. The zero-order valence-corrected chi connectivity index (χ0v) is 15.2. The van der Waals surface area contributed by atoms with Crippen LogP contribution in [-0.4, -0.2) is 6.18 Å². The molecule has 0 heterocycles. The van der Waals surface area contributed by atoms with Crippen molar-refractivity contribution < 1.29 is 13.2 Å². The van der Waals surface area contributed by atoms with E-state index in [0.29, 0.717) is 6.42 Å². The van der Waals surface area contributed by atoms with Crippen LogP contribution in [0.2, 0.25) is 0 Å². The standard InChI is InChI=1S/C23H27F3/c24-23(25,26)16-9-5-3-1-2-4-6-11-18-13-10-14-20-17-19-12-7-8-15-21(19)22(18)20/h7-8,10,12-15H,1-6,9,11,16-17H2. The molecule has 0 amide bonds. The topological polar surface area (TPSA) is 0 Å². The van der Waals surface area contributed by atoms with Gasteiger partial charge in [-0.15, -0.1) is 0 Å². The van der Waals surface area contributed by atoms with Gasteiger partial charge in [-0.05, 0) is 53.5 Å². The molecule has 3 heteroatoms. The summed E-state index contributed by atoms with van der Waals surface area (Å²) in [5.74, 6) is 0. The van der Waals surface area contributed by atoms with Gasteiger partial charge in [0, 0.05) is 6.42 Å². The summed E-state index contributed by atoms with van der Waals surface area (Å²) < 4.78 is 36.2. The molecule has 0 saturated heterocycles. The third-order valence-corrected chi connectivity index (χ3v) is 5.31. The van der Waals surface area contributed by atoms with E-state index in [1.165, 1.54) is 27.8 Å². The molecule has 0 saturated carbocycles. The van der Waals surface area contributed by atoms with Crippen molar-refractivity contribution in [1.82, 2.24) is 0 Å². The second-order valence-electron chi connectivity index (χ2n) is 7.38. The summed E-state index contributed by atoms with van der Waals surface area (Å²) in [6.07, 6.45) is 3.88. The zero-order chi connectivity index (χ0) is 18.4. The largest absolute Gasteiger partial charge is 0.389 e. The minimum Gasteiger partial charge on any atom is -0.171 e. The van der Waals surface area contributed by atoms with Crippen LogP contribution in [0.4, 0.5) is 13.2 Å². The second kappa shape index (κ2) is 8.75. The quantitative estimate of drug-likeness (QED) is 0.347. The molecule has 140 valence electrons. The van der Waals surface area contributed by atoms with Crippen LogP contribution in [0.3, 0.4) is 0 Å². The van der Waals surface area contributed by atoms with E-state index in [1.807, 2.05) is 0 Å². The van der Waals surface area contributed by atoms with Gasteiger partial charge in [0.2, 0.25) is 0 Å². The van der Waals surface area contributed by atoms with Gasteiger partial charge < -0.3 is 0 Å². The third-order valence-electron chi connectivity index (χ3n) is 5.31. The molecule has 0 bridgehead atoms. The van der Waals surface area contributed by atoms with Crippen LogP contribution in [-0.2, 0) is 12.8 Å². The van der Waals surface area contributed by atoms with Crippen molar-refractivity contribution in [2.24, 2.45) is 0 Å². The molecule has 0 unspecified atom stereocenters. The number of aryl methyl sites for hydroxylation is 1. The second-order valence-corrected chi connectivity index (χ2v) is 7.38. The molecule has 0 N–H and O–H groups in total. The number of rotatable bonds is 9. The average Bonchev–Trinajstić information content (AvgIpc) is 2.98. The van der Waals surface area contributed by atoms with Gasteiger partial charge in [0.15, 0.2) is 0 Å². The molecule has 0 aliphatic heterocycles. The Morgan fingerprint density at radius 3 is 2.12 bits per heavy atom. The SMILES string of the molecule is FC(F)(F)CCCCCCCCCc1cccc2c1-c1ccccc1C2. The number of benzene rings is 2.